The summed E-state index contributed by atoms with van der Waals surface area (Å²) in [7, 11) is 0. The fraction of sp³-hybridized carbons (Fsp3) is 0.516. The highest BCUT2D eigenvalue weighted by atomic mass is 16.1. The highest BCUT2D eigenvalue weighted by Gasteiger charge is 2.19. The minimum Gasteiger partial charge on any atom is -0.398 e. The van der Waals surface area contributed by atoms with Crippen LogP contribution >= 0.6 is 0 Å². The Hall–Kier alpha value is -2.95. The summed E-state index contributed by atoms with van der Waals surface area (Å²) in [5, 5.41) is 0. The Morgan fingerprint density at radius 2 is 1.47 bits per heavy atom. The van der Waals surface area contributed by atoms with E-state index in [2.05, 4.69) is 35.5 Å². The monoisotopic (exact) mass is 487 g/mol. The van der Waals surface area contributed by atoms with Crippen LogP contribution in [0.2, 0.25) is 0 Å². The molecule has 192 valence electrons. The number of nitrogens with two attached hydrogens (primary N) is 1. The number of nitrogen functional groups attached to an aromatic ring is 1. The molecular weight excluding hydrogens is 446 g/mol. The van der Waals surface area contributed by atoms with E-state index in [0.29, 0.717) is 12.8 Å². The highest BCUT2D eigenvalue weighted by Crippen LogP contribution is 2.29. The van der Waals surface area contributed by atoms with Crippen LogP contribution in [0.15, 0.2) is 24.3 Å². The number of Topliss-reactive ketones (excluding diaryl/α,β-unsaturated/α-hetero) is 2. The Morgan fingerprint density at radius 1 is 0.861 bits per heavy atom. The third kappa shape index (κ3) is 5.71. The Kier molecular flexibility index (Phi) is 8.60. The number of rotatable bonds is 8. The molecule has 0 atom stereocenters. The van der Waals surface area contributed by atoms with E-state index in [4.69, 9.17) is 5.73 Å². The van der Waals surface area contributed by atoms with Gasteiger partial charge in [-0.15, -0.1) is 0 Å². The lowest BCUT2D eigenvalue weighted by atomic mass is 9.88. The second kappa shape index (κ2) is 11.9. The maximum atomic E-state index is 12.2. The number of imidazole rings is 1. The number of benzene rings is 2. The van der Waals surface area contributed by atoms with Crippen LogP contribution in [0.25, 0.3) is 11.0 Å². The van der Waals surface area contributed by atoms with Gasteiger partial charge >= 0.3 is 0 Å². The normalized spacial score (nSPS) is 14.2. The van der Waals surface area contributed by atoms with E-state index in [1.807, 2.05) is 19.1 Å². The molecule has 5 nitrogen and oxygen atoms in total. The van der Waals surface area contributed by atoms with Gasteiger partial charge in [-0.1, -0.05) is 26.7 Å². The van der Waals surface area contributed by atoms with Crippen LogP contribution in [-0.2, 0) is 25.8 Å². The molecule has 0 fully saturated rings. The third-order valence-electron chi connectivity index (χ3n) is 7.60. The summed E-state index contributed by atoms with van der Waals surface area (Å²) in [5.74, 6) is 1.57. The van der Waals surface area contributed by atoms with E-state index in [-0.39, 0.29) is 11.6 Å². The lowest BCUT2D eigenvalue weighted by molar-refractivity contribution is 0.0972. The highest BCUT2D eigenvalue weighted by molar-refractivity contribution is 6.00. The van der Waals surface area contributed by atoms with Crippen molar-refractivity contribution in [3.63, 3.8) is 0 Å². The molecule has 2 N–H and O–H groups in total. The van der Waals surface area contributed by atoms with E-state index >= 15 is 0 Å². The largest absolute Gasteiger partial charge is 0.398 e. The summed E-state index contributed by atoms with van der Waals surface area (Å²) in [6, 6.07) is 8.02. The summed E-state index contributed by atoms with van der Waals surface area (Å²) >= 11 is 0. The number of ketones is 2. The van der Waals surface area contributed by atoms with Gasteiger partial charge in [0.2, 0.25) is 0 Å². The van der Waals surface area contributed by atoms with Crippen molar-refractivity contribution in [2.75, 3.05) is 5.73 Å². The number of nitrogens with zero attached hydrogens (tertiary/aromatic N) is 2. The number of hydrogen-bond acceptors (Lipinski definition) is 4. The van der Waals surface area contributed by atoms with Gasteiger partial charge in [-0.3, -0.25) is 9.59 Å². The van der Waals surface area contributed by atoms with Crippen LogP contribution in [0, 0.1) is 6.92 Å². The maximum absolute atomic E-state index is 12.2. The molecular formula is C31H41N3O2. The molecule has 0 amide bonds. The summed E-state index contributed by atoms with van der Waals surface area (Å²) in [6.45, 7) is 7.33. The molecule has 2 aliphatic rings. The molecule has 5 rings (SSSR count). The Morgan fingerprint density at radius 3 is 2.17 bits per heavy atom. The molecule has 0 radical (unpaired) electrons. The predicted molar refractivity (Wildman–Crippen MR) is 148 cm³/mol. The number of fused-ring (bicyclic) bond motifs is 1. The average molecular weight is 488 g/mol. The number of carbonyl (C=O) groups is 2. The van der Waals surface area contributed by atoms with Crippen molar-refractivity contribution in [1.82, 2.24) is 9.55 Å². The zero-order valence-electron chi connectivity index (χ0n) is 22.3. The summed E-state index contributed by atoms with van der Waals surface area (Å²) < 4.78 is 2.29. The molecule has 0 spiro atoms. The summed E-state index contributed by atoms with van der Waals surface area (Å²) in [4.78, 5) is 28.8. The van der Waals surface area contributed by atoms with Crippen molar-refractivity contribution in [3.05, 3.63) is 57.9 Å². The Bertz CT molecular complexity index is 1250. The SMILES string of the molecule is CCCCC(=O)c1cc(N)c2c(c1)CCCC2.CCCCC(=O)c1cc2c3c(c1)nc(C)n3CCC2. The van der Waals surface area contributed by atoms with Crippen molar-refractivity contribution in [2.24, 2.45) is 0 Å². The van der Waals surface area contributed by atoms with Gasteiger partial charge in [0.25, 0.3) is 0 Å². The smallest absolute Gasteiger partial charge is 0.162 e. The van der Waals surface area contributed by atoms with E-state index in [1.165, 1.54) is 35.0 Å². The molecule has 1 aromatic heterocycles. The number of aromatic nitrogens is 2. The van der Waals surface area contributed by atoms with Gasteiger partial charge in [-0.25, -0.2) is 4.98 Å². The van der Waals surface area contributed by atoms with E-state index in [9.17, 15) is 9.59 Å². The fourth-order valence-corrected chi connectivity index (χ4v) is 5.55. The van der Waals surface area contributed by atoms with E-state index in [1.54, 1.807) is 0 Å². The van der Waals surface area contributed by atoms with Crippen LogP contribution in [0.5, 0.6) is 0 Å². The molecule has 36 heavy (non-hydrogen) atoms. The molecule has 2 aromatic carbocycles. The fourth-order valence-electron chi connectivity index (χ4n) is 5.55. The molecule has 3 aromatic rings. The van der Waals surface area contributed by atoms with Gasteiger partial charge in [0.1, 0.15) is 5.82 Å². The van der Waals surface area contributed by atoms with E-state index < -0.39 is 0 Å². The zero-order chi connectivity index (χ0) is 25.7. The summed E-state index contributed by atoms with van der Waals surface area (Å²) in [6.07, 6.45) is 12.2. The molecule has 1 aliphatic heterocycles. The van der Waals surface area contributed by atoms with Gasteiger partial charge in [-0.2, -0.15) is 0 Å². The zero-order valence-corrected chi connectivity index (χ0v) is 22.3. The predicted octanol–water partition coefficient (Wildman–Crippen LogP) is 7.18. The second-order valence-corrected chi connectivity index (χ2v) is 10.4. The Balaban J connectivity index is 0.000000170. The number of anilines is 1. The van der Waals surface area contributed by atoms with Crippen LogP contribution < -0.4 is 5.73 Å². The van der Waals surface area contributed by atoms with Crippen molar-refractivity contribution >= 4 is 28.3 Å². The van der Waals surface area contributed by atoms with Crippen molar-refractivity contribution < 1.29 is 9.59 Å². The standard InChI is InChI=1S/C16H20N2O.C15H21NO/c1-3-4-7-15(19)13-9-12-6-5-8-18-11(2)17-14(10-13)16(12)18;1-2-3-8-15(17)12-9-11-6-4-5-7-13(11)14(16)10-12/h9-10H,3-8H2,1-2H3;9-10H,2-8,16H2,1H3. The van der Waals surface area contributed by atoms with Gasteiger partial charge in [-0.05, 0) is 99.2 Å². The average Bonchev–Trinajstić information content (AvgIpc) is 3.22. The van der Waals surface area contributed by atoms with Gasteiger partial charge in [0.05, 0.1) is 11.0 Å². The number of aryl methyl sites for hydroxylation is 4. The Labute approximate surface area is 215 Å². The van der Waals surface area contributed by atoms with Gasteiger partial charge in [0, 0.05) is 36.2 Å². The van der Waals surface area contributed by atoms with Crippen LogP contribution in [-0.4, -0.2) is 21.1 Å². The lowest BCUT2D eigenvalue weighted by Gasteiger charge is -2.18. The lowest BCUT2D eigenvalue weighted by Crippen LogP contribution is -2.10. The molecule has 0 unspecified atom stereocenters. The van der Waals surface area contributed by atoms with Gasteiger partial charge in [0.15, 0.2) is 11.6 Å². The van der Waals surface area contributed by atoms with Gasteiger partial charge < -0.3 is 10.3 Å². The quantitative estimate of drug-likeness (QED) is 0.269. The number of unbranched alkanes of at least 4 members (excludes halogenated alkanes) is 2. The first-order valence-corrected chi connectivity index (χ1v) is 13.9. The van der Waals surface area contributed by atoms with Crippen molar-refractivity contribution in [1.29, 1.82) is 0 Å². The third-order valence-corrected chi connectivity index (χ3v) is 7.60. The first-order valence-electron chi connectivity index (χ1n) is 13.9. The first-order chi connectivity index (χ1) is 17.4. The minimum absolute atomic E-state index is 0.243. The van der Waals surface area contributed by atoms with Crippen molar-refractivity contribution in [2.45, 2.75) is 104 Å². The minimum atomic E-state index is 0.243. The van der Waals surface area contributed by atoms with Crippen LogP contribution in [0.1, 0.15) is 115 Å². The second-order valence-electron chi connectivity index (χ2n) is 10.4. The van der Waals surface area contributed by atoms with Crippen molar-refractivity contribution in [3.8, 4) is 0 Å². The molecule has 0 bridgehead atoms. The van der Waals surface area contributed by atoms with E-state index in [0.717, 1.165) is 86.1 Å². The summed E-state index contributed by atoms with van der Waals surface area (Å²) in [5.41, 5.74) is 14.7. The maximum Gasteiger partial charge on any atom is 0.162 e. The molecule has 1 aliphatic carbocycles. The topological polar surface area (TPSA) is 78.0 Å². The van der Waals surface area contributed by atoms with Crippen LogP contribution in [0.3, 0.4) is 0 Å². The first kappa shape index (κ1) is 26.1. The molecule has 2 heterocycles. The number of carbonyl (C=O) groups excluding carboxylic acids is 2. The number of hydrogen-bond donors (Lipinski definition) is 1. The molecule has 5 heteroatoms. The molecule has 0 saturated heterocycles. The molecule has 0 saturated carbocycles. The van der Waals surface area contributed by atoms with Crippen LogP contribution in [0.4, 0.5) is 5.69 Å².